The van der Waals surface area contributed by atoms with Crippen molar-refractivity contribution >= 4 is 16.3 Å². The summed E-state index contributed by atoms with van der Waals surface area (Å²) in [6.45, 7) is 1.51. The van der Waals surface area contributed by atoms with E-state index < -0.39 is 28.5 Å². The van der Waals surface area contributed by atoms with Gasteiger partial charge in [-0.15, -0.1) is 6.42 Å². The lowest BCUT2D eigenvalue weighted by Crippen LogP contribution is -2.34. The van der Waals surface area contributed by atoms with Crippen LogP contribution in [0.15, 0.2) is 0 Å². The molecule has 0 N–H and O–H groups in total. The molecular formula is C9H12O6S. The lowest BCUT2D eigenvalue weighted by Gasteiger charge is -2.21. The predicted octanol–water partition coefficient (Wildman–Crippen LogP) is 0.280. The average Bonchev–Trinajstić information content (AvgIpc) is 2.15. The molecule has 1 rings (SSSR count). The van der Waals surface area contributed by atoms with Gasteiger partial charge in [-0.25, -0.2) is 4.79 Å². The van der Waals surface area contributed by atoms with Crippen molar-refractivity contribution in [3.8, 4) is 12.3 Å². The fraction of sp³-hybridized carbons (Fsp3) is 0.667. The number of hydrogen-bond acceptors (Lipinski definition) is 6. The summed E-state index contributed by atoms with van der Waals surface area (Å²) >= 11 is 0. The van der Waals surface area contributed by atoms with E-state index in [0.29, 0.717) is 6.42 Å². The van der Waals surface area contributed by atoms with Crippen LogP contribution in [0, 0.1) is 12.3 Å². The van der Waals surface area contributed by atoms with Crippen molar-refractivity contribution in [3.63, 3.8) is 0 Å². The van der Waals surface area contributed by atoms with Crippen molar-refractivity contribution in [1.82, 2.24) is 0 Å². The average molecular weight is 248 g/mol. The molecule has 1 saturated heterocycles. The Morgan fingerprint density at radius 2 is 2.31 bits per heavy atom. The number of ether oxygens (including phenoxy) is 2. The van der Waals surface area contributed by atoms with Gasteiger partial charge in [-0.1, -0.05) is 5.92 Å². The molecule has 2 unspecified atom stereocenters. The molecule has 16 heavy (non-hydrogen) atoms. The molecule has 6 nitrogen and oxygen atoms in total. The quantitative estimate of drug-likeness (QED) is 0.397. The van der Waals surface area contributed by atoms with Crippen molar-refractivity contribution in [2.45, 2.75) is 25.6 Å². The first-order valence-electron chi connectivity index (χ1n) is 4.63. The Kier molecular flexibility index (Phi) is 4.15. The first-order chi connectivity index (χ1) is 7.43. The summed E-state index contributed by atoms with van der Waals surface area (Å²) < 4.78 is 36.0. The highest BCUT2D eigenvalue weighted by Crippen LogP contribution is 2.13. The number of rotatable bonds is 2. The van der Waals surface area contributed by atoms with E-state index in [1.54, 1.807) is 0 Å². The maximum absolute atomic E-state index is 11.1. The predicted molar refractivity (Wildman–Crippen MR) is 54.0 cm³/mol. The number of terminal acetylenes is 1. The summed E-state index contributed by atoms with van der Waals surface area (Å²) in [5.41, 5.74) is 0. The first kappa shape index (κ1) is 12.8. The van der Waals surface area contributed by atoms with E-state index in [1.165, 1.54) is 6.92 Å². The second-order valence-corrected chi connectivity index (χ2v) is 4.94. The summed E-state index contributed by atoms with van der Waals surface area (Å²) in [6.07, 6.45) is 2.91. The number of hydrogen-bond donors (Lipinski definition) is 0. The third kappa shape index (κ3) is 4.08. The molecule has 0 aromatic rings. The highest BCUT2D eigenvalue weighted by Gasteiger charge is 2.29. The summed E-state index contributed by atoms with van der Waals surface area (Å²) in [6, 6.07) is 0. The van der Waals surface area contributed by atoms with Gasteiger partial charge in [-0.2, -0.15) is 8.42 Å². The zero-order valence-electron chi connectivity index (χ0n) is 8.71. The van der Waals surface area contributed by atoms with Crippen LogP contribution >= 0.6 is 0 Å². The maximum atomic E-state index is 11.1. The van der Waals surface area contributed by atoms with Crippen molar-refractivity contribution in [2.24, 2.45) is 0 Å². The van der Waals surface area contributed by atoms with Gasteiger partial charge in [0.2, 0.25) is 0 Å². The molecule has 0 spiro atoms. The van der Waals surface area contributed by atoms with Crippen LogP contribution in [0.5, 0.6) is 0 Å². The molecule has 1 aliphatic heterocycles. The van der Waals surface area contributed by atoms with E-state index in [0.717, 1.165) is 0 Å². The Bertz CT molecular complexity index is 393. The van der Waals surface area contributed by atoms with Crippen LogP contribution in [0.1, 0.15) is 13.3 Å². The summed E-state index contributed by atoms with van der Waals surface area (Å²) in [5, 5.41) is 0. The summed E-state index contributed by atoms with van der Waals surface area (Å²) in [5.74, 6) is 1.83. The van der Waals surface area contributed by atoms with Crippen LogP contribution in [0.3, 0.4) is 0 Å². The molecule has 0 aliphatic carbocycles. The zero-order valence-corrected chi connectivity index (χ0v) is 9.53. The van der Waals surface area contributed by atoms with Crippen LogP contribution in [0.25, 0.3) is 0 Å². The van der Waals surface area contributed by atoms with Crippen molar-refractivity contribution in [2.75, 3.05) is 12.4 Å². The normalized spacial score (nSPS) is 25.1. The Labute approximate surface area is 94.0 Å². The van der Waals surface area contributed by atoms with Gasteiger partial charge in [0, 0.05) is 6.42 Å². The molecule has 1 fully saturated rings. The van der Waals surface area contributed by atoms with Gasteiger partial charge < -0.3 is 9.47 Å². The van der Waals surface area contributed by atoms with E-state index in [1.807, 2.05) is 0 Å². The first-order valence-corrected chi connectivity index (χ1v) is 6.21. The third-order valence-electron chi connectivity index (χ3n) is 1.86. The zero-order chi connectivity index (χ0) is 12.2. The lowest BCUT2D eigenvalue weighted by molar-refractivity contribution is 0.0111. The highest BCUT2D eigenvalue weighted by atomic mass is 32.2. The molecule has 0 radical (unpaired) electrons. The van der Waals surface area contributed by atoms with E-state index in [-0.39, 0.29) is 12.4 Å². The molecule has 1 heterocycles. The molecule has 0 aromatic heterocycles. The minimum atomic E-state index is -3.58. The molecule has 0 saturated carbocycles. The largest absolute Gasteiger partial charge is 0.509 e. The Hall–Kier alpha value is -1.26. The van der Waals surface area contributed by atoms with Gasteiger partial charge in [-0.05, 0) is 6.92 Å². The molecule has 0 bridgehead atoms. The van der Waals surface area contributed by atoms with Crippen LogP contribution in [-0.2, 0) is 23.8 Å². The fourth-order valence-electron chi connectivity index (χ4n) is 1.10. The number of carbonyl (C=O) groups is 1. The minimum Gasteiger partial charge on any atom is -0.430 e. The standard InChI is InChI=1S/C9H12O6S/c1-3-7(2)14-9(10)15-8-4-5-13-16(11,12)6-8/h1,7-8H,4-6H2,2H3. The van der Waals surface area contributed by atoms with Crippen LogP contribution < -0.4 is 0 Å². The van der Waals surface area contributed by atoms with Crippen molar-refractivity contribution in [3.05, 3.63) is 0 Å². The van der Waals surface area contributed by atoms with Crippen LogP contribution in [0.2, 0.25) is 0 Å². The second-order valence-electron chi connectivity index (χ2n) is 3.25. The molecule has 0 aromatic carbocycles. The van der Waals surface area contributed by atoms with E-state index in [4.69, 9.17) is 11.2 Å². The minimum absolute atomic E-state index is 0.00493. The van der Waals surface area contributed by atoms with Crippen LogP contribution in [-0.4, -0.2) is 39.1 Å². The van der Waals surface area contributed by atoms with Crippen molar-refractivity contribution in [1.29, 1.82) is 0 Å². The monoisotopic (exact) mass is 248 g/mol. The molecule has 7 heteroatoms. The smallest absolute Gasteiger partial charge is 0.430 e. The Morgan fingerprint density at radius 1 is 1.62 bits per heavy atom. The molecular weight excluding hydrogens is 236 g/mol. The third-order valence-corrected chi connectivity index (χ3v) is 3.17. The van der Waals surface area contributed by atoms with E-state index >= 15 is 0 Å². The van der Waals surface area contributed by atoms with Crippen molar-refractivity contribution < 1.29 is 26.9 Å². The van der Waals surface area contributed by atoms with Gasteiger partial charge in [-0.3, -0.25) is 4.18 Å². The summed E-state index contributed by atoms with van der Waals surface area (Å²) in [4.78, 5) is 11.1. The topological polar surface area (TPSA) is 78.9 Å². The SMILES string of the molecule is C#CC(C)OC(=O)OC1CCOS(=O)(=O)C1. The van der Waals surface area contributed by atoms with Gasteiger partial charge in [0.15, 0.2) is 6.10 Å². The molecule has 0 amide bonds. The maximum Gasteiger partial charge on any atom is 0.509 e. The molecule has 90 valence electrons. The highest BCUT2D eigenvalue weighted by molar-refractivity contribution is 7.86. The van der Waals surface area contributed by atoms with Crippen LogP contribution in [0.4, 0.5) is 4.79 Å². The van der Waals surface area contributed by atoms with Gasteiger partial charge in [0.1, 0.15) is 11.9 Å². The molecule has 1 aliphatic rings. The fourth-order valence-corrected chi connectivity index (χ4v) is 2.24. The van der Waals surface area contributed by atoms with Gasteiger partial charge >= 0.3 is 6.16 Å². The summed E-state index contributed by atoms with van der Waals surface area (Å²) in [7, 11) is -3.58. The Balaban J connectivity index is 2.43. The number of carbonyl (C=O) groups excluding carboxylic acids is 1. The lowest BCUT2D eigenvalue weighted by atomic mass is 10.3. The van der Waals surface area contributed by atoms with Gasteiger partial charge in [0.25, 0.3) is 10.1 Å². The van der Waals surface area contributed by atoms with Gasteiger partial charge in [0.05, 0.1) is 6.61 Å². The Morgan fingerprint density at radius 3 is 2.88 bits per heavy atom. The van der Waals surface area contributed by atoms with E-state index in [2.05, 4.69) is 14.8 Å². The van der Waals surface area contributed by atoms with E-state index in [9.17, 15) is 13.2 Å². The second kappa shape index (κ2) is 5.18. The molecule has 2 atom stereocenters.